The molecule has 1 saturated heterocycles. The molecule has 43 heavy (non-hydrogen) atoms. The van der Waals surface area contributed by atoms with Crippen LogP contribution in [0.1, 0.15) is 52.0 Å². The van der Waals surface area contributed by atoms with E-state index in [9.17, 15) is 9.59 Å². The van der Waals surface area contributed by atoms with Gasteiger partial charge >= 0.3 is 0 Å². The molecule has 2 bridgehead atoms. The van der Waals surface area contributed by atoms with Crippen LogP contribution >= 0.6 is 0 Å². The lowest BCUT2D eigenvalue weighted by Crippen LogP contribution is -2.41. The van der Waals surface area contributed by atoms with Crippen LogP contribution in [-0.2, 0) is 20.1 Å². The summed E-state index contributed by atoms with van der Waals surface area (Å²) in [5.41, 5.74) is 14.3. The van der Waals surface area contributed by atoms with Gasteiger partial charge in [-0.15, -0.1) is 0 Å². The lowest BCUT2D eigenvalue weighted by atomic mass is 10.0. The zero-order chi connectivity index (χ0) is 29.0. The van der Waals surface area contributed by atoms with Crippen LogP contribution in [0, 0.1) is 11.8 Å². The van der Waals surface area contributed by atoms with Crippen molar-refractivity contribution in [2.75, 3.05) is 6.54 Å². The molecule has 9 nitrogen and oxygen atoms in total. The SMILES string of the molecule is Cn1c(-c2cc3ccc(-c4ccc5c(c4)C(=O)NC5)nc3n2CC2CC2)nc2cc(C(=O)N3C[C@H]4CC[C@@H]3[C@@H]4N)ccc21. The fourth-order valence-electron chi connectivity index (χ4n) is 7.60. The summed E-state index contributed by atoms with van der Waals surface area (Å²) >= 11 is 0. The van der Waals surface area contributed by atoms with E-state index in [1.807, 2.05) is 54.4 Å². The minimum absolute atomic E-state index is 0.0275. The van der Waals surface area contributed by atoms with Crippen molar-refractivity contribution in [3.63, 3.8) is 0 Å². The van der Waals surface area contributed by atoms with Gasteiger partial charge in [-0.1, -0.05) is 12.1 Å². The molecular weight excluding hydrogens is 538 g/mol. The van der Waals surface area contributed by atoms with Gasteiger partial charge in [-0.2, -0.15) is 0 Å². The van der Waals surface area contributed by atoms with Gasteiger partial charge in [-0.25, -0.2) is 9.97 Å². The number of imidazole rings is 1. The third-order valence-electron chi connectivity index (χ3n) is 10.2. The zero-order valence-electron chi connectivity index (χ0n) is 24.1. The topological polar surface area (TPSA) is 111 Å². The first-order valence-corrected chi connectivity index (χ1v) is 15.4. The number of hydrogen-bond donors (Lipinski definition) is 2. The van der Waals surface area contributed by atoms with Crippen LogP contribution in [0.4, 0.5) is 0 Å². The van der Waals surface area contributed by atoms with Crippen molar-refractivity contribution in [1.82, 2.24) is 29.3 Å². The predicted octanol–water partition coefficient (Wildman–Crippen LogP) is 4.47. The summed E-state index contributed by atoms with van der Waals surface area (Å²) in [5, 5.41) is 3.96. The zero-order valence-corrected chi connectivity index (χ0v) is 24.1. The van der Waals surface area contributed by atoms with Crippen molar-refractivity contribution in [3.05, 3.63) is 71.3 Å². The number of hydrogen-bond acceptors (Lipinski definition) is 5. The summed E-state index contributed by atoms with van der Waals surface area (Å²) in [4.78, 5) is 38.1. The van der Waals surface area contributed by atoms with Crippen LogP contribution in [0.3, 0.4) is 0 Å². The monoisotopic (exact) mass is 571 g/mol. The Morgan fingerprint density at radius 3 is 2.70 bits per heavy atom. The van der Waals surface area contributed by atoms with Crippen LogP contribution in [0.15, 0.2) is 54.6 Å². The lowest BCUT2D eigenvalue weighted by molar-refractivity contribution is 0.0700. The van der Waals surface area contributed by atoms with Gasteiger partial charge in [0.1, 0.15) is 5.65 Å². The van der Waals surface area contributed by atoms with Crippen LogP contribution in [0.5, 0.6) is 0 Å². The first kappa shape index (κ1) is 25.0. The Kier molecular flexibility index (Phi) is 5.24. The summed E-state index contributed by atoms with van der Waals surface area (Å²) in [6.07, 6.45) is 4.55. The van der Waals surface area contributed by atoms with Crippen molar-refractivity contribution in [2.45, 2.75) is 50.9 Å². The highest BCUT2D eigenvalue weighted by Crippen LogP contribution is 2.39. The summed E-state index contributed by atoms with van der Waals surface area (Å²) in [6, 6.07) is 18.5. The number of fused-ring (bicyclic) bond motifs is 5. The van der Waals surface area contributed by atoms with Crippen molar-refractivity contribution < 1.29 is 9.59 Å². The van der Waals surface area contributed by atoms with Crippen LogP contribution in [0.2, 0.25) is 0 Å². The van der Waals surface area contributed by atoms with Gasteiger partial charge in [0.15, 0.2) is 5.82 Å². The second-order valence-electron chi connectivity index (χ2n) is 12.9. The van der Waals surface area contributed by atoms with Gasteiger partial charge in [0.05, 0.1) is 22.4 Å². The van der Waals surface area contributed by atoms with Crippen molar-refractivity contribution >= 4 is 33.9 Å². The summed E-state index contributed by atoms with van der Waals surface area (Å²) in [5.74, 6) is 1.94. The Balaban J connectivity index is 1.12. The van der Waals surface area contributed by atoms with E-state index in [0.29, 0.717) is 23.9 Å². The summed E-state index contributed by atoms with van der Waals surface area (Å²) in [7, 11) is 2.04. The highest BCUT2D eigenvalue weighted by atomic mass is 16.2. The number of aromatic nitrogens is 4. The number of likely N-dealkylation sites (tertiary alicyclic amines) is 1. The molecule has 5 heterocycles. The Hall–Kier alpha value is -4.50. The molecule has 9 rings (SSSR count). The Morgan fingerprint density at radius 2 is 1.91 bits per heavy atom. The molecule has 2 aliphatic carbocycles. The standard InChI is InChI=1S/C34H33N7O2/c1-39-27-10-7-21(34(43)41-17-23-8-11-28(41)30(23)35)13-26(27)38-32(39)29-14-20-6-9-25(37-31(20)40(29)16-18-2-3-18)19-4-5-22-15-36-33(42)24(22)12-19/h4-7,9-10,12-14,18,23,28,30H,2-3,8,11,15-17,35H2,1H3,(H,36,42)/t23-,28-,30-/m1/s1. The molecule has 216 valence electrons. The smallest absolute Gasteiger partial charge is 0.254 e. The van der Waals surface area contributed by atoms with Gasteiger partial charge in [0.2, 0.25) is 0 Å². The third-order valence-corrected chi connectivity index (χ3v) is 10.2. The average molecular weight is 572 g/mol. The molecule has 5 aromatic rings. The molecule has 0 unspecified atom stereocenters. The maximum atomic E-state index is 13.5. The number of nitrogens with two attached hydrogens (primary N) is 1. The van der Waals surface area contributed by atoms with E-state index in [4.69, 9.17) is 15.7 Å². The molecule has 3 aromatic heterocycles. The molecule has 9 heteroatoms. The minimum atomic E-state index is -0.0275. The molecule has 3 atom stereocenters. The molecule has 2 saturated carbocycles. The summed E-state index contributed by atoms with van der Waals surface area (Å²) < 4.78 is 4.43. The van der Waals surface area contributed by atoms with E-state index in [1.54, 1.807) is 0 Å². The second-order valence-corrected chi connectivity index (χ2v) is 12.9. The molecule has 4 aliphatic rings. The number of nitrogens with zero attached hydrogens (tertiary/aromatic N) is 5. The number of nitrogens with one attached hydrogen (secondary N) is 1. The Morgan fingerprint density at radius 1 is 1.02 bits per heavy atom. The number of aryl methyl sites for hydroxylation is 1. The highest BCUT2D eigenvalue weighted by molar-refractivity contribution is 6.00. The molecule has 0 spiro atoms. The molecule has 3 fully saturated rings. The highest BCUT2D eigenvalue weighted by Gasteiger charge is 2.46. The maximum absolute atomic E-state index is 13.5. The largest absolute Gasteiger partial charge is 0.348 e. The lowest BCUT2D eigenvalue weighted by Gasteiger charge is -2.27. The number of benzene rings is 2. The molecule has 3 N–H and O–H groups in total. The van der Waals surface area contributed by atoms with Gasteiger partial charge in [0, 0.05) is 60.8 Å². The number of pyridine rings is 1. The van der Waals surface area contributed by atoms with E-state index in [2.05, 4.69) is 26.6 Å². The first-order valence-electron chi connectivity index (χ1n) is 15.4. The maximum Gasteiger partial charge on any atom is 0.254 e. The Bertz CT molecular complexity index is 2000. The third kappa shape index (κ3) is 3.80. The number of rotatable bonds is 5. The van der Waals surface area contributed by atoms with Crippen LogP contribution in [-0.4, -0.2) is 54.4 Å². The van der Waals surface area contributed by atoms with Gasteiger partial charge in [-0.3, -0.25) is 9.59 Å². The number of carbonyl (C=O) groups is 2. The second kappa shape index (κ2) is 9.00. The number of amides is 2. The van der Waals surface area contributed by atoms with Crippen molar-refractivity contribution in [1.29, 1.82) is 0 Å². The van der Waals surface area contributed by atoms with E-state index in [0.717, 1.165) is 81.9 Å². The van der Waals surface area contributed by atoms with Gasteiger partial charge in [0.25, 0.3) is 11.8 Å². The molecule has 2 aromatic carbocycles. The molecule has 0 radical (unpaired) electrons. The van der Waals surface area contributed by atoms with Crippen molar-refractivity contribution in [2.24, 2.45) is 24.6 Å². The average Bonchev–Trinajstić information content (AvgIpc) is 3.23. The first-order chi connectivity index (χ1) is 20.9. The van der Waals surface area contributed by atoms with Crippen molar-refractivity contribution in [3.8, 4) is 22.8 Å². The van der Waals surface area contributed by atoms with E-state index >= 15 is 0 Å². The molecular formula is C34H33N7O2. The predicted molar refractivity (Wildman–Crippen MR) is 164 cm³/mol. The number of piperidine rings is 1. The van der Waals surface area contributed by atoms with Gasteiger partial charge < -0.3 is 25.1 Å². The van der Waals surface area contributed by atoms with Gasteiger partial charge in [-0.05, 0) is 85.5 Å². The minimum Gasteiger partial charge on any atom is -0.348 e. The van der Waals surface area contributed by atoms with E-state index in [1.165, 1.54) is 12.8 Å². The fourth-order valence-corrected chi connectivity index (χ4v) is 7.60. The molecule has 2 amide bonds. The van der Waals surface area contributed by atoms with E-state index < -0.39 is 0 Å². The fraction of sp³-hybridized carbons (Fsp3) is 0.353. The quantitative estimate of drug-likeness (QED) is 0.323. The Labute approximate surface area is 248 Å². The normalized spacial score (nSPS) is 22.6. The molecule has 2 aliphatic heterocycles. The van der Waals surface area contributed by atoms with E-state index in [-0.39, 0.29) is 23.9 Å². The van der Waals surface area contributed by atoms with Crippen LogP contribution < -0.4 is 11.1 Å². The number of carbonyl (C=O) groups excluding carboxylic acids is 2. The van der Waals surface area contributed by atoms with Crippen LogP contribution in [0.25, 0.3) is 44.8 Å². The summed E-state index contributed by atoms with van der Waals surface area (Å²) in [6.45, 7) is 2.22.